The number of rotatable bonds is 5. The maximum atomic E-state index is 13.0. The summed E-state index contributed by atoms with van der Waals surface area (Å²) in [5.41, 5.74) is 4.42. The zero-order valence-corrected chi connectivity index (χ0v) is 16.7. The highest BCUT2D eigenvalue weighted by Gasteiger charge is 2.29. The average Bonchev–Trinajstić information content (AvgIpc) is 3.16. The summed E-state index contributed by atoms with van der Waals surface area (Å²) >= 11 is 0. The number of benzene rings is 2. The number of piperidine rings is 1. The lowest BCUT2D eigenvalue weighted by Crippen LogP contribution is -2.42. The quantitative estimate of drug-likeness (QED) is 0.697. The van der Waals surface area contributed by atoms with E-state index in [9.17, 15) is 9.90 Å². The highest BCUT2D eigenvalue weighted by molar-refractivity contribution is 5.95. The maximum absolute atomic E-state index is 13.0. The number of carbonyl (C=O) groups excluding carboxylic acids is 1. The van der Waals surface area contributed by atoms with Gasteiger partial charge in [0, 0.05) is 24.2 Å². The Morgan fingerprint density at radius 3 is 2.38 bits per heavy atom. The van der Waals surface area contributed by atoms with E-state index in [1.807, 2.05) is 72.5 Å². The van der Waals surface area contributed by atoms with Crippen LogP contribution < -0.4 is 0 Å². The van der Waals surface area contributed by atoms with Crippen LogP contribution in [0.1, 0.15) is 34.5 Å². The number of likely N-dealkylation sites (tertiary alicyclic amines) is 1. The Morgan fingerprint density at radius 2 is 1.72 bits per heavy atom. The van der Waals surface area contributed by atoms with Gasteiger partial charge in [-0.05, 0) is 37.7 Å². The third kappa shape index (κ3) is 4.25. The van der Waals surface area contributed by atoms with Gasteiger partial charge in [-0.25, -0.2) is 0 Å². The fraction of sp³-hybridized carbons (Fsp3) is 0.333. The van der Waals surface area contributed by atoms with Gasteiger partial charge in [0.25, 0.3) is 5.91 Å². The van der Waals surface area contributed by atoms with E-state index in [0.29, 0.717) is 25.2 Å². The molecule has 4 rings (SSSR count). The molecule has 1 aliphatic rings. The van der Waals surface area contributed by atoms with Crippen LogP contribution >= 0.6 is 0 Å². The second kappa shape index (κ2) is 8.62. The monoisotopic (exact) mass is 389 g/mol. The van der Waals surface area contributed by atoms with Gasteiger partial charge in [0.2, 0.25) is 0 Å². The molecule has 1 aliphatic heterocycles. The summed E-state index contributed by atoms with van der Waals surface area (Å²) in [7, 11) is 0. The molecule has 2 heterocycles. The van der Waals surface area contributed by atoms with Crippen LogP contribution in [-0.4, -0.2) is 45.3 Å². The molecule has 0 radical (unpaired) electrons. The largest absolute Gasteiger partial charge is 0.392 e. The van der Waals surface area contributed by atoms with Gasteiger partial charge in [-0.1, -0.05) is 60.7 Å². The van der Waals surface area contributed by atoms with Crippen LogP contribution in [0.2, 0.25) is 0 Å². The Morgan fingerprint density at radius 1 is 1.10 bits per heavy atom. The smallest absolute Gasteiger partial charge is 0.272 e. The molecule has 2 N–H and O–H groups in total. The van der Waals surface area contributed by atoms with E-state index >= 15 is 0 Å². The summed E-state index contributed by atoms with van der Waals surface area (Å²) in [6.45, 7) is 3.26. The van der Waals surface area contributed by atoms with Crippen molar-refractivity contribution in [1.29, 1.82) is 0 Å². The molecule has 1 fully saturated rings. The minimum atomic E-state index is -0.367. The molecule has 3 aromatic rings. The number of aromatic amines is 1. The Balaban J connectivity index is 1.38. The van der Waals surface area contributed by atoms with Crippen LogP contribution in [0.4, 0.5) is 0 Å². The van der Waals surface area contributed by atoms with Crippen molar-refractivity contribution < 1.29 is 9.90 Å². The first-order valence-corrected chi connectivity index (χ1v) is 10.2. The molecule has 150 valence electrons. The number of aromatic nitrogens is 2. The number of nitrogens with zero attached hydrogens (tertiary/aromatic N) is 2. The maximum Gasteiger partial charge on any atom is 0.272 e. The van der Waals surface area contributed by atoms with Crippen molar-refractivity contribution in [1.82, 2.24) is 15.1 Å². The van der Waals surface area contributed by atoms with E-state index < -0.39 is 0 Å². The number of nitrogens with one attached hydrogen (secondary N) is 1. The molecule has 0 saturated carbocycles. The second-order valence-corrected chi connectivity index (χ2v) is 7.82. The Kier molecular flexibility index (Phi) is 5.76. The fourth-order valence-corrected chi connectivity index (χ4v) is 4.15. The molecule has 1 amide bonds. The number of H-pyrrole nitrogens is 1. The molecule has 5 heteroatoms. The first kappa shape index (κ1) is 19.4. The Labute approximate surface area is 171 Å². The van der Waals surface area contributed by atoms with E-state index in [1.165, 1.54) is 0 Å². The van der Waals surface area contributed by atoms with E-state index in [4.69, 9.17) is 0 Å². The molecule has 1 atom stereocenters. The van der Waals surface area contributed by atoms with Crippen LogP contribution in [-0.2, 0) is 6.42 Å². The van der Waals surface area contributed by atoms with Gasteiger partial charge in [0.15, 0.2) is 0 Å². The number of hydrogen-bond acceptors (Lipinski definition) is 3. The van der Waals surface area contributed by atoms with Crippen molar-refractivity contribution >= 4 is 5.91 Å². The van der Waals surface area contributed by atoms with Gasteiger partial charge in [0.05, 0.1) is 11.8 Å². The Bertz CT molecular complexity index is 945. The predicted molar refractivity (Wildman–Crippen MR) is 114 cm³/mol. The number of aliphatic hydroxyl groups excluding tert-OH is 1. The minimum absolute atomic E-state index is 0.00631. The molecule has 2 aromatic carbocycles. The summed E-state index contributed by atoms with van der Waals surface area (Å²) in [4.78, 5) is 14.9. The first-order chi connectivity index (χ1) is 14.1. The van der Waals surface area contributed by atoms with Crippen LogP contribution in [0.5, 0.6) is 0 Å². The van der Waals surface area contributed by atoms with Crippen LogP contribution in [0.25, 0.3) is 11.3 Å². The summed E-state index contributed by atoms with van der Waals surface area (Å²) in [5, 5.41) is 17.9. The lowest BCUT2D eigenvalue weighted by atomic mass is 9.88. The van der Waals surface area contributed by atoms with Crippen LogP contribution in [0.3, 0.4) is 0 Å². The minimum Gasteiger partial charge on any atom is -0.392 e. The summed E-state index contributed by atoms with van der Waals surface area (Å²) in [6, 6.07) is 20.0. The van der Waals surface area contributed by atoms with Crippen molar-refractivity contribution in [2.45, 2.75) is 32.3 Å². The third-order valence-corrected chi connectivity index (χ3v) is 5.93. The lowest BCUT2D eigenvalue weighted by molar-refractivity contribution is 0.0463. The lowest BCUT2D eigenvalue weighted by Gasteiger charge is -2.34. The van der Waals surface area contributed by atoms with Crippen LogP contribution in [0, 0.1) is 12.8 Å². The van der Waals surface area contributed by atoms with Gasteiger partial charge in [-0.2, -0.15) is 5.10 Å². The number of hydrogen-bond donors (Lipinski definition) is 2. The van der Waals surface area contributed by atoms with Crippen LogP contribution in [0.15, 0.2) is 60.7 Å². The summed E-state index contributed by atoms with van der Waals surface area (Å²) in [5.74, 6) is 0.218. The molecule has 0 spiro atoms. The van der Waals surface area contributed by atoms with Gasteiger partial charge >= 0.3 is 0 Å². The molecule has 0 bridgehead atoms. The van der Waals surface area contributed by atoms with Crippen molar-refractivity contribution in [3.63, 3.8) is 0 Å². The fourth-order valence-electron chi connectivity index (χ4n) is 4.15. The highest BCUT2D eigenvalue weighted by Crippen LogP contribution is 2.27. The summed E-state index contributed by atoms with van der Waals surface area (Å²) < 4.78 is 0. The molecule has 1 aromatic heterocycles. The molecule has 1 saturated heterocycles. The van der Waals surface area contributed by atoms with E-state index in [1.54, 1.807) is 0 Å². The molecule has 1 unspecified atom stereocenters. The van der Waals surface area contributed by atoms with E-state index in [-0.39, 0.29) is 17.9 Å². The van der Waals surface area contributed by atoms with Gasteiger partial charge in [0.1, 0.15) is 5.69 Å². The van der Waals surface area contributed by atoms with Gasteiger partial charge < -0.3 is 10.0 Å². The van der Waals surface area contributed by atoms with Crippen molar-refractivity contribution in [2.24, 2.45) is 5.92 Å². The van der Waals surface area contributed by atoms with Gasteiger partial charge in [-0.15, -0.1) is 0 Å². The molecule has 0 aliphatic carbocycles. The van der Waals surface area contributed by atoms with E-state index in [2.05, 4.69) is 10.2 Å². The average molecular weight is 389 g/mol. The normalized spacial score (nSPS) is 16.0. The predicted octanol–water partition coefficient (Wildman–Crippen LogP) is 3.84. The van der Waals surface area contributed by atoms with Crippen molar-refractivity contribution in [2.75, 3.05) is 13.1 Å². The standard InChI is InChI=1S/C24H27N3O2/c1-17-22(20-10-6-3-7-11-20)25-26-23(17)24(29)27-14-12-19(13-15-27)21(28)16-18-8-4-2-5-9-18/h2-11,19,21,28H,12-16H2,1H3,(H,25,26). The molecule has 5 nitrogen and oxygen atoms in total. The van der Waals surface area contributed by atoms with Crippen molar-refractivity contribution in [3.05, 3.63) is 77.5 Å². The second-order valence-electron chi connectivity index (χ2n) is 7.82. The topological polar surface area (TPSA) is 69.2 Å². The first-order valence-electron chi connectivity index (χ1n) is 10.2. The molecular formula is C24H27N3O2. The Hall–Kier alpha value is -2.92. The zero-order valence-electron chi connectivity index (χ0n) is 16.7. The zero-order chi connectivity index (χ0) is 20.2. The summed E-state index contributed by atoms with van der Waals surface area (Å²) in [6.07, 6.45) is 1.93. The van der Waals surface area contributed by atoms with E-state index in [0.717, 1.165) is 35.2 Å². The SMILES string of the molecule is Cc1c(-c2ccccc2)n[nH]c1C(=O)N1CCC(C(O)Cc2ccccc2)CC1. The van der Waals surface area contributed by atoms with Crippen molar-refractivity contribution in [3.8, 4) is 11.3 Å². The third-order valence-electron chi connectivity index (χ3n) is 5.93. The molecular weight excluding hydrogens is 362 g/mol. The molecule has 29 heavy (non-hydrogen) atoms. The number of carbonyl (C=O) groups is 1. The number of aliphatic hydroxyl groups is 1. The number of amides is 1. The highest BCUT2D eigenvalue weighted by atomic mass is 16.3. The van der Waals surface area contributed by atoms with Gasteiger partial charge in [-0.3, -0.25) is 9.89 Å².